The van der Waals surface area contributed by atoms with E-state index in [1.807, 2.05) is 66.7 Å². The van der Waals surface area contributed by atoms with E-state index in [0.717, 1.165) is 31.5 Å². The van der Waals surface area contributed by atoms with Gasteiger partial charge in [-0.3, -0.25) is 9.69 Å². The van der Waals surface area contributed by atoms with Crippen LogP contribution in [0.15, 0.2) is 84.9 Å². The van der Waals surface area contributed by atoms with Crippen molar-refractivity contribution >= 4 is 23.1 Å². The summed E-state index contributed by atoms with van der Waals surface area (Å²) in [7, 11) is 0. The van der Waals surface area contributed by atoms with Crippen molar-refractivity contribution in [3.05, 3.63) is 113 Å². The number of hydrogen-bond acceptors (Lipinski definition) is 3. The minimum absolute atomic E-state index is 0. The molecule has 0 saturated carbocycles. The molecule has 175 valence electrons. The average Bonchev–Trinajstić information content (AvgIpc) is 3.29. The molecule has 1 saturated heterocycles. The molecule has 1 N–H and O–H groups in total. The molecule has 1 fully saturated rings. The van der Waals surface area contributed by atoms with Gasteiger partial charge >= 0.3 is 16.5 Å². The van der Waals surface area contributed by atoms with Gasteiger partial charge in [0.1, 0.15) is 0 Å². The van der Waals surface area contributed by atoms with Crippen molar-refractivity contribution in [2.45, 2.75) is 31.8 Å². The number of aliphatic carboxylic acids is 1. The Morgan fingerprint density at radius 1 is 0.941 bits per heavy atom. The van der Waals surface area contributed by atoms with E-state index in [2.05, 4.69) is 28.4 Å². The number of rotatable bonds is 8. The van der Waals surface area contributed by atoms with Crippen molar-refractivity contribution in [2.75, 3.05) is 6.54 Å². The van der Waals surface area contributed by atoms with E-state index in [1.54, 1.807) is 6.07 Å². The molecular weight excluding hydrogens is 471 g/mol. The summed E-state index contributed by atoms with van der Waals surface area (Å²) in [5.74, 6) is -1.13. The second kappa shape index (κ2) is 12.3. The number of carboxylic acids is 1. The maximum Gasteiger partial charge on any atom is 3.00 e. The first kappa shape index (κ1) is 25.4. The Morgan fingerprint density at radius 3 is 2.29 bits per heavy atom. The third-order valence-corrected chi connectivity index (χ3v) is 5.76. The standard InChI is InChI=1S/C28H27N2O3.Ni/c31-27(32)18-17-23(22-12-5-2-6-13-22)24-14-7-8-15-25(24)29-28(33)26-16-9-19-30(26)20-21-10-3-1-4-11-21;/h1-8,10-15,26H,9,16,18-20H2,(H2,29,31,32,33);/q-1;+3/p-1/t26-;/m1./s1. The van der Waals surface area contributed by atoms with E-state index in [0.29, 0.717) is 16.8 Å². The summed E-state index contributed by atoms with van der Waals surface area (Å²) in [6.07, 6.45) is 4.52. The van der Waals surface area contributed by atoms with E-state index in [1.165, 1.54) is 5.56 Å². The van der Waals surface area contributed by atoms with Crippen LogP contribution in [0.2, 0.25) is 0 Å². The summed E-state index contributed by atoms with van der Waals surface area (Å²) in [6.45, 7) is 1.58. The number of benzene rings is 3. The summed E-state index contributed by atoms with van der Waals surface area (Å²) in [5.41, 5.74) is 3.88. The second-order valence-electron chi connectivity index (χ2n) is 8.07. The van der Waals surface area contributed by atoms with Gasteiger partial charge in [-0.25, -0.2) is 0 Å². The van der Waals surface area contributed by atoms with Crippen LogP contribution in [0.1, 0.15) is 36.0 Å². The Balaban J connectivity index is 0.00000324. The molecule has 5 nitrogen and oxygen atoms in total. The van der Waals surface area contributed by atoms with Gasteiger partial charge in [0.15, 0.2) is 0 Å². The molecule has 1 aliphatic heterocycles. The normalized spacial score (nSPS) is 16.0. The zero-order chi connectivity index (χ0) is 23.0. The third-order valence-electron chi connectivity index (χ3n) is 5.76. The smallest absolute Gasteiger partial charge is 0.636 e. The fourth-order valence-electron chi connectivity index (χ4n) is 4.21. The van der Waals surface area contributed by atoms with Crippen molar-refractivity contribution in [1.82, 2.24) is 4.90 Å². The summed E-state index contributed by atoms with van der Waals surface area (Å²) in [5, 5.41) is 13.7. The van der Waals surface area contributed by atoms with Gasteiger partial charge in [0.25, 0.3) is 5.97 Å². The van der Waals surface area contributed by atoms with E-state index < -0.39 is 5.97 Å². The maximum atomic E-state index is 13.3. The zero-order valence-corrected chi connectivity index (χ0v) is 19.7. The SMILES string of the molecule is O=C(O)C[C-]=C(c1ccccc1)c1ccccc1[N-]C(=O)[C@H]1CCCN1Cc1ccccc1.[Ni+3]. The number of likely N-dealkylation sites (tertiary alicyclic amines) is 1. The second-order valence-corrected chi connectivity index (χ2v) is 8.07. The number of para-hydroxylation sites is 1. The topological polar surface area (TPSA) is 71.7 Å². The van der Waals surface area contributed by atoms with Crippen LogP contribution in [0.3, 0.4) is 0 Å². The van der Waals surface area contributed by atoms with Crippen LogP contribution in [0.4, 0.5) is 5.69 Å². The minimum Gasteiger partial charge on any atom is -0.636 e. The molecule has 1 atom stereocenters. The summed E-state index contributed by atoms with van der Waals surface area (Å²) >= 11 is 0. The van der Waals surface area contributed by atoms with Crippen molar-refractivity contribution < 1.29 is 31.2 Å². The Kier molecular flexibility index (Phi) is 9.20. The molecular formula is C28H26N2NiO3+. The van der Waals surface area contributed by atoms with Crippen molar-refractivity contribution in [1.29, 1.82) is 0 Å². The molecule has 1 radical (unpaired) electrons. The molecule has 1 heterocycles. The molecule has 1 aliphatic rings. The quantitative estimate of drug-likeness (QED) is 0.326. The molecule has 6 heteroatoms. The fourth-order valence-corrected chi connectivity index (χ4v) is 4.21. The van der Waals surface area contributed by atoms with Gasteiger partial charge in [0.05, 0.1) is 11.9 Å². The van der Waals surface area contributed by atoms with Crippen LogP contribution >= 0.6 is 0 Å². The van der Waals surface area contributed by atoms with E-state index in [-0.39, 0.29) is 34.9 Å². The van der Waals surface area contributed by atoms with Crippen LogP contribution < -0.4 is 0 Å². The van der Waals surface area contributed by atoms with Gasteiger partial charge < -0.3 is 15.2 Å². The predicted octanol–water partition coefficient (Wildman–Crippen LogP) is 5.59. The molecule has 0 aliphatic carbocycles. The van der Waals surface area contributed by atoms with Gasteiger partial charge in [0.2, 0.25) is 0 Å². The van der Waals surface area contributed by atoms with Gasteiger partial charge in [-0.05, 0) is 24.9 Å². The van der Waals surface area contributed by atoms with E-state index >= 15 is 0 Å². The van der Waals surface area contributed by atoms with E-state index in [4.69, 9.17) is 0 Å². The van der Waals surface area contributed by atoms with E-state index in [9.17, 15) is 14.7 Å². The summed E-state index contributed by atoms with van der Waals surface area (Å²) in [6, 6.07) is 26.7. The Hall–Kier alpha value is -3.21. The van der Waals surface area contributed by atoms with Gasteiger partial charge in [0, 0.05) is 13.0 Å². The fraction of sp³-hybridized carbons (Fsp3) is 0.214. The Bertz CT molecular complexity index is 1130. The minimum atomic E-state index is -0.962. The Labute approximate surface area is 210 Å². The largest absolute Gasteiger partial charge is 3.00 e. The first-order chi connectivity index (χ1) is 16.1. The molecule has 0 unspecified atom stereocenters. The van der Waals surface area contributed by atoms with Gasteiger partial charge in [-0.15, -0.1) is 29.3 Å². The van der Waals surface area contributed by atoms with Crippen LogP contribution in [-0.2, 0) is 32.6 Å². The Morgan fingerprint density at radius 2 is 1.59 bits per heavy atom. The third kappa shape index (κ3) is 6.43. The predicted molar refractivity (Wildman–Crippen MR) is 129 cm³/mol. The van der Waals surface area contributed by atoms with Crippen LogP contribution in [0.25, 0.3) is 10.9 Å². The van der Waals surface area contributed by atoms with Crippen molar-refractivity contribution in [3.63, 3.8) is 0 Å². The molecule has 0 spiro atoms. The average molecular weight is 497 g/mol. The zero-order valence-electron chi connectivity index (χ0n) is 18.7. The maximum absolute atomic E-state index is 13.3. The van der Waals surface area contributed by atoms with Crippen molar-refractivity contribution in [2.24, 2.45) is 0 Å². The molecule has 3 aromatic rings. The van der Waals surface area contributed by atoms with Crippen LogP contribution in [0.5, 0.6) is 0 Å². The van der Waals surface area contributed by atoms with Gasteiger partial charge in [-0.2, -0.15) is 17.3 Å². The summed E-state index contributed by atoms with van der Waals surface area (Å²) in [4.78, 5) is 26.7. The number of nitrogens with zero attached hydrogens (tertiary/aromatic N) is 2. The number of hydrogen-bond donors (Lipinski definition) is 1. The van der Waals surface area contributed by atoms with Crippen LogP contribution in [-0.4, -0.2) is 34.5 Å². The number of carboxylic acid groups (broad SMARTS) is 1. The first-order valence-electron chi connectivity index (χ1n) is 11.1. The first-order valence-corrected chi connectivity index (χ1v) is 11.1. The molecule has 0 aromatic heterocycles. The van der Waals surface area contributed by atoms with Gasteiger partial charge in [-0.1, -0.05) is 66.7 Å². The molecule has 34 heavy (non-hydrogen) atoms. The number of carbonyl (C=O) groups excluding carboxylic acids is 1. The number of carbonyl (C=O) groups is 2. The number of amides is 1. The molecule has 3 aromatic carbocycles. The van der Waals surface area contributed by atoms with Crippen LogP contribution in [0, 0.1) is 6.08 Å². The monoisotopic (exact) mass is 496 g/mol. The molecule has 4 rings (SSSR count). The summed E-state index contributed by atoms with van der Waals surface area (Å²) < 4.78 is 0. The molecule has 0 bridgehead atoms. The van der Waals surface area contributed by atoms with Crippen molar-refractivity contribution in [3.8, 4) is 0 Å². The molecule has 1 amide bonds.